The molecule has 7 heteroatoms. The molecule has 1 aromatic heterocycles. The first-order valence-corrected chi connectivity index (χ1v) is 7.06. The Kier molecular flexibility index (Phi) is 4.04. The van der Waals surface area contributed by atoms with Crippen molar-refractivity contribution in [2.75, 3.05) is 11.9 Å². The number of rotatable bonds is 5. The number of urea groups is 1. The predicted octanol–water partition coefficient (Wildman–Crippen LogP) is 2.22. The van der Waals surface area contributed by atoms with Gasteiger partial charge in [-0.15, -0.1) is 11.3 Å². The average Bonchev–Trinajstić information content (AvgIpc) is 2.67. The maximum Gasteiger partial charge on any atom is 0.321 e. The molecule has 1 saturated carbocycles. The molecule has 1 aliphatic carbocycles. The molecule has 0 radical (unpaired) electrons. The molecular formula is C12H17N3O3S. The summed E-state index contributed by atoms with van der Waals surface area (Å²) in [5.41, 5.74) is 0.601. The first-order valence-electron chi connectivity index (χ1n) is 6.18. The predicted molar refractivity (Wildman–Crippen MR) is 72.4 cm³/mol. The second-order valence-electron chi connectivity index (χ2n) is 5.03. The van der Waals surface area contributed by atoms with E-state index in [1.165, 1.54) is 11.3 Å². The minimum absolute atomic E-state index is 0.115. The van der Waals surface area contributed by atoms with Crippen LogP contribution in [-0.4, -0.2) is 28.6 Å². The van der Waals surface area contributed by atoms with Crippen LogP contribution in [0, 0.1) is 12.3 Å². The van der Waals surface area contributed by atoms with Crippen LogP contribution in [0.2, 0.25) is 0 Å². The van der Waals surface area contributed by atoms with Crippen LogP contribution in [0.25, 0.3) is 0 Å². The molecule has 1 aromatic rings. The van der Waals surface area contributed by atoms with E-state index in [9.17, 15) is 9.59 Å². The Morgan fingerprint density at radius 2 is 2.26 bits per heavy atom. The van der Waals surface area contributed by atoms with Crippen molar-refractivity contribution in [1.29, 1.82) is 0 Å². The Labute approximate surface area is 115 Å². The number of nitrogens with zero attached hydrogens (tertiary/aromatic N) is 1. The third-order valence-electron chi connectivity index (χ3n) is 3.40. The number of anilines is 1. The number of aryl methyl sites for hydroxylation is 1. The average molecular weight is 283 g/mol. The second-order valence-corrected chi connectivity index (χ2v) is 5.88. The van der Waals surface area contributed by atoms with Gasteiger partial charge >= 0.3 is 12.0 Å². The van der Waals surface area contributed by atoms with Gasteiger partial charge in [0.15, 0.2) is 5.13 Å². The van der Waals surface area contributed by atoms with Gasteiger partial charge in [0, 0.05) is 11.9 Å². The Morgan fingerprint density at radius 3 is 2.74 bits per heavy atom. The van der Waals surface area contributed by atoms with Crippen molar-refractivity contribution < 1.29 is 14.7 Å². The molecule has 0 saturated heterocycles. The molecule has 0 bridgehead atoms. The molecule has 0 spiro atoms. The Balaban J connectivity index is 1.81. The van der Waals surface area contributed by atoms with Gasteiger partial charge in [-0.3, -0.25) is 10.1 Å². The van der Waals surface area contributed by atoms with Crippen LogP contribution < -0.4 is 10.6 Å². The zero-order valence-corrected chi connectivity index (χ0v) is 11.5. The number of nitrogens with one attached hydrogen (secondary N) is 2. The molecule has 1 fully saturated rings. The summed E-state index contributed by atoms with van der Waals surface area (Å²) in [4.78, 5) is 26.6. The number of aromatic nitrogens is 1. The van der Waals surface area contributed by atoms with Crippen molar-refractivity contribution in [2.45, 2.75) is 32.6 Å². The highest BCUT2D eigenvalue weighted by Crippen LogP contribution is 2.43. The van der Waals surface area contributed by atoms with Gasteiger partial charge in [-0.2, -0.15) is 0 Å². The van der Waals surface area contributed by atoms with Crippen LogP contribution in [0.5, 0.6) is 0 Å². The fourth-order valence-electron chi connectivity index (χ4n) is 2.23. The Bertz CT molecular complexity index is 482. The minimum atomic E-state index is -0.808. The molecule has 6 nitrogen and oxygen atoms in total. The highest BCUT2D eigenvalue weighted by atomic mass is 32.1. The van der Waals surface area contributed by atoms with E-state index in [0.29, 0.717) is 11.7 Å². The number of carbonyl (C=O) groups is 2. The third-order valence-corrected chi connectivity index (χ3v) is 4.28. The monoisotopic (exact) mass is 283 g/mol. The Hall–Kier alpha value is -1.63. The summed E-state index contributed by atoms with van der Waals surface area (Å²) < 4.78 is 0. The maximum absolute atomic E-state index is 11.7. The number of carboxylic acid groups (broad SMARTS) is 1. The summed E-state index contributed by atoms with van der Waals surface area (Å²) in [6, 6.07) is -0.328. The molecule has 2 amide bonds. The molecule has 104 valence electrons. The molecule has 1 heterocycles. The summed E-state index contributed by atoms with van der Waals surface area (Å²) >= 11 is 1.36. The molecule has 0 aromatic carbocycles. The summed E-state index contributed by atoms with van der Waals surface area (Å²) in [6.07, 6.45) is 2.86. The minimum Gasteiger partial charge on any atom is -0.481 e. The quantitative estimate of drug-likeness (QED) is 0.772. The van der Waals surface area contributed by atoms with E-state index in [4.69, 9.17) is 5.11 Å². The van der Waals surface area contributed by atoms with Crippen molar-refractivity contribution in [3.05, 3.63) is 11.1 Å². The number of aliphatic carboxylic acids is 1. The summed E-state index contributed by atoms with van der Waals surface area (Å²) in [7, 11) is 0. The molecule has 19 heavy (non-hydrogen) atoms. The molecular weight excluding hydrogens is 266 g/mol. The van der Waals surface area contributed by atoms with Gasteiger partial charge in [0.25, 0.3) is 0 Å². The van der Waals surface area contributed by atoms with E-state index in [1.807, 2.05) is 12.3 Å². The van der Waals surface area contributed by atoms with E-state index >= 15 is 0 Å². The van der Waals surface area contributed by atoms with Crippen LogP contribution >= 0.6 is 11.3 Å². The van der Waals surface area contributed by atoms with E-state index in [-0.39, 0.29) is 17.9 Å². The number of hydrogen-bond donors (Lipinski definition) is 3. The van der Waals surface area contributed by atoms with Crippen LogP contribution in [0.3, 0.4) is 0 Å². The lowest BCUT2D eigenvalue weighted by Crippen LogP contribution is -2.44. The van der Waals surface area contributed by atoms with E-state index in [2.05, 4.69) is 15.6 Å². The van der Waals surface area contributed by atoms with E-state index < -0.39 is 5.97 Å². The third kappa shape index (κ3) is 3.66. The van der Waals surface area contributed by atoms with E-state index in [0.717, 1.165) is 25.0 Å². The van der Waals surface area contributed by atoms with Crippen molar-refractivity contribution in [1.82, 2.24) is 10.3 Å². The number of carbonyl (C=O) groups excluding carboxylic acids is 1. The normalized spacial score (nSPS) is 16.5. The van der Waals surface area contributed by atoms with Crippen molar-refractivity contribution in [3.8, 4) is 0 Å². The highest BCUT2D eigenvalue weighted by molar-refractivity contribution is 7.13. The lowest BCUT2D eigenvalue weighted by Gasteiger charge is -2.40. The summed E-state index contributed by atoms with van der Waals surface area (Å²) in [6.45, 7) is 2.26. The van der Waals surface area contributed by atoms with Gasteiger partial charge in [0.05, 0.1) is 12.1 Å². The fraction of sp³-hybridized carbons (Fsp3) is 0.583. The van der Waals surface area contributed by atoms with Crippen LogP contribution in [0.15, 0.2) is 5.38 Å². The SMILES string of the molecule is Cc1csc(NC(=O)NCC2(CC(=O)O)CCC2)n1. The van der Waals surface area contributed by atoms with Crippen LogP contribution in [-0.2, 0) is 4.79 Å². The number of hydrogen-bond acceptors (Lipinski definition) is 4. The molecule has 3 N–H and O–H groups in total. The first kappa shape index (κ1) is 13.8. The molecule has 1 aliphatic rings. The number of thiazole rings is 1. The standard InChI is InChI=1S/C12H17N3O3S/c1-8-6-19-11(14-8)15-10(18)13-7-12(3-2-4-12)5-9(16)17/h6H,2-5,7H2,1H3,(H,16,17)(H2,13,14,15,18). The largest absolute Gasteiger partial charge is 0.481 e. The smallest absolute Gasteiger partial charge is 0.321 e. The van der Waals surface area contributed by atoms with Gasteiger partial charge in [0.1, 0.15) is 0 Å². The van der Waals surface area contributed by atoms with Gasteiger partial charge in [-0.05, 0) is 25.2 Å². The lowest BCUT2D eigenvalue weighted by molar-refractivity contribution is -0.141. The van der Waals surface area contributed by atoms with Gasteiger partial charge in [-0.1, -0.05) is 6.42 Å². The van der Waals surface area contributed by atoms with Gasteiger partial charge in [0.2, 0.25) is 0 Å². The Morgan fingerprint density at radius 1 is 1.53 bits per heavy atom. The lowest BCUT2D eigenvalue weighted by atomic mass is 9.66. The van der Waals surface area contributed by atoms with Gasteiger partial charge in [-0.25, -0.2) is 9.78 Å². The summed E-state index contributed by atoms with van der Waals surface area (Å²) in [5, 5.41) is 16.7. The number of amides is 2. The van der Waals surface area contributed by atoms with E-state index in [1.54, 1.807) is 0 Å². The zero-order chi connectivity index (χ0) is 13.9. The summed E-state index contributed by atoms with van der Waals surface area (Å²) in [5.74, 6) is -0.808. The molecule has 0 atom stereocenters. The molecule has 0 aliphatic heterocycles. The maximum atomic E-state index is 11.7. The van der Waals surface area contributed by atoms with Crippen molar-refractivity contribution in [2.24, 2.45) is 5.41 Å². The van der Waals surface area contributed by atoms with Crippen molar-refractivity contribution in [3.63, 3.8) is 0 Å². The number of carboxylic acids is 1. The molecule has 0 unspecified atom stereocenters. The van der Waals surface area contributed by atoms with Crippen LogP contribution in [0.1, 0.15) is 31.4 Å². The molecule has 2 rings (SSSR count). The second kappa shape index (κ2) is 5.56. The first-order chi connectivity index (χ1) is 8.99. The topological polar surface area (TPSA) is 91.3 Å². The zero-order valence-electron chi connectivity index (χ0n) is 10.7. The fourth-order valence-corrected chi connectivity index (χ4v) is 2.92. The van der Waals surface area contributed by atoms with Crippen LogP contribution in [0.4, 0.5) is 9.93 Å². The highest BCUT2D eigenvalue weighted by Gasteiger charge is 2.39. The van der Waals surface area contributed by atoms with Crippen molar-refractivity contribution >= 4 is 28.5 Å². The van der Waals surface area contributed by atoms with Gasteiger partial charge < -0.3 is 10.4 Å².